The smallest absolute Gasteiger partial charge is 0.129 e. The first-order valence-corrected chi connectivity index (χ1v) is 3.14. The molecule has 0 heterocycles. The van der Waals surface area contributed by atoms with Crippen molar-refractivity contribution >= 4 is 11.7 Å². The molecule has 0 aliphatic heterocycles. The van der Waals surface area contributed by atoms with E-state index in [1.807, 2.05) is 6.92 Å². The molecule has 0 atom stereocenters. The van der Waals surface area contributed by atoms with Crippen molar-refractivity contribution in [1.29, 1.82) is 0 Å². The van der Waals surface area contributed by atoms with Crippen LogP contribution in [0.2, 0.25) is 0 Å². The van der Waals surface area contributed by atoms with Gasteiger partial charge in [0.15, 0.2) is 0 Å². The molecule has 0 rings (SSSR count). The predicted octanol–water partition coefficient (Wildman–Crippen LogP) is 1.49. The van der Waals surface area contributed by atoms with E-state index in [-0.39, 0.29) is 265 Å². The van der Waals surface area contributed by atoms with Crippen molar-refractivity contribution in [2.45, 2.75) is 27.2 Å². The molecule has 13 radical (unpaired) electrons. The fraction of sp³-hybridized carbons (Fsp3) is 0.714. The van der Waals surface area contributed by atoms with Crippen LogP contribution in [0.25, 0.3) is 5.32 Å². The van der Waals surface area contributed by atoms with Crippen LogP contribution >= 0.6 is 0 Å². The van der Waals surface area contributed by atoms with Gasteiger partial charge in [0, 0.05) is 266 Å². The molecule has 0 aliphatic rings. The molecular weight excluding hydrogens is 1470 g/mol. The number of rotatable bonds is 1. The molecule has 23 heavy (non-hydrogen) atoms. The molecule has 0 fully saturated rings. The van der Waals surface area contributed by atoms with E-state index in [9.17, 15) is 9.59 Å². The summed E-state index contributed by atoms with van der Waals surface area (Å²) in [5.41, 5.74) is 0. The molecule has 0 saturated carbocycles. The summed E-state index contributed by atoms with van der Waals surface area (Å²) in [6.45, 7) is 4.85. The summed E-state index contributed by atoms with van der Waals surface area (Å²) in [4.78, 5) is 19.5. The average Bonchev–Trinajstić information content (AvgIpc) is 1.89. The molecule has 3 nitrogen and oxygen atoms in total. The molecule has 0 aliphatic carbocycles. The van der Waals surface area contributed by atoms with Crippen LogP contribution in [0.4, 0.5) is 0 Å². The number of hydrogen-bond donors (Lipinski definition) is 0. The van der Waals surface area contributed by atoms with Gasteiger partial charge in [0.25, 0.3) is 0 Å². The van der Waals surface area contributed by atoms with Crippen molar-refractivity contribution in [3.8, 4) is 0 Å². The van der Waals surface area contributed by atoms with Crippen LogP contribution in [0, 0.1) is 0 Å². The molecule has 0 N–H and O–H groups in total. The van der Waals surface area contributed by atoms with Crippen molar-refractivity contribution in [3.63, 3.8) is 0 Å². The Bertz CT molecular complexity index is 119. The first kappa shape index (κ1) is 111. The van der Waals surface area contributed by atoms with E-state index >= 15 is 0 Å². The standard InChI is InChI=1S/C4H8O.C3H7NO.13Rh/c1-3-4(2)5;1-3(5)4-2;;;;;;;;;;;;;/h3H2,1-2H3;1-2H3,(H,4,5);;;;;;;;;;;;;/p-1. The van der Waals surface area contributed by atoms with Gasteiger partial charge in [-0.3, -0.25) is 0 Å². The van der Waals surface area contributed by atoms with Gasteiger partial charge in [0.05, 0.1) is 0 Å². The van der Waals surface area contributed by atoms with Crippen molar-refractivity contribution in [3.05, 3.63) is 5.32 Å². The zero-order valence-electron chi connectivity index (χ0n) is 11.3. The van der Waals surface area contributed by atoms with Crippen molar-refractivity contribution in [2.24, 2.45) is 0 Å². The summed E-state index contributed by atoms with van der Waals surface area (Å²) in [7, 11) is 1.47. The fourth-order valence-electron chi connectivity index (χ4n) is 0. The monoisotopic (exact) mass is 1480 g/mol. The molecule has 1 amide bonds. The molecule has 0 aromatic carbocycles. The van der Waals surface area contributed by atoms with Crippen molar-refractivity contribution < 1.29 is 263 Å². The van der Waals surface area contributed by atoms with E-state index in [2.05, 4.69) is 5.32 Å². The summed E-state index contributed by atoms with van der Waals surface area (Å²) in [5.74, 6) is 0.134. The number of carbonyl (C=O) groups excluding carboxylic acids is 2. The predicted molar refractivity (Wildman–Crippen MR) is 40.9 cm³/mol. The number of carbonyl (C=O) groups is 2. The second-order valence-electron chi connectivity index (χ2n) is 1.80. The second kappa shape index (κ2) is 100. The molecule has 0 aromatic rings. The van der Waals surface area contributed by atoms with Crippen molar-refractivity contribution in [2.75, 3.05) is 7.05 Å². The minimum absolute atomic E-state index is 0. The third-order valence-electron chi connectivity index (χ3n) is 0.813. The second-order valence-corrected chi connectivity index (χ2v) is 1.80. The first-order chi connectivity index (χ1) is 4.54. The third-order valence-corrected chi connectivity index (χ3v) is 0.813. The van der Waals surface area contributed by atoms with Gasteiger partial charge in [0.1, 0.15) is 5.78 Å². The average molecular weight is 1480 g/mol. The van der Waals surface area contributed by atoms with Crippen LogP contribution in [0.1, 0.15) is 27.2 Å². The van der Waals surface area contributed by atoms with Gasteiger partial charge in [-0.05, 0) is 13.8 Å². The minimum atomic E-state index is -0.120. The topological polar surface area (TPSA) is 48.2 Å². The van der Waals surface area contributed by atoms with Crippen LogP contribution in [0.3, 0.4) is 0 Å². The molecule has 16 heteroatoms. The van der Waals surface area contributed by atoms with Gasteiger partial charge in [-0.1, -0.05) is 6.92 Å². The van der Waals surface area contributed by atoms with Gasteiger partial charge in [-0.2, -0.15) is 0 Å². The zero-order chi connectivity index (χ0) is 8.57. The van der Waals surface area contributed by atoms with Gasteiger partial charge >= 0.3 is 0 Å². The fourth-order valence-corrected chi connectivity index (χ4v) is 0. The van der Waals surface area contributed by atoms with Gasteiger partial charge in [-0.15, -0.1) is 7.05 Å². The van der Waals surface area contributed by atoms with Crippen LogP contribution in [0.15, 0.2) is 0 Å². The van der Waals surface area contributed by atoms with Gasteiger partial charge in [0.2, 0.25) is 0 Å². The van der Waals surface area contributed by atoms with Crippen LogP contribution < -0.4 is 0 Å². The minimum Gasteiger partial charge on any atom is -0.656 e. The van der Waals surface area contributed by atoms with Crippen LogP contribution in [-0.2, 0) is 263 Å². The Hall–Kier alpha value is 7.24. The summed E-state index contributed by atoms with van der Waals surface area (Å²) < 4.78 is 0. The number of ketones is 1. The number of hydrogen-bond acceptors (Lipinski definition) is 2. The Morgan fingerprint density at radius 2 is 0.696 bits per heavy atom. The molecule has 0 unspecified atom stereocenters. The Morgan fingerprint density at radius 1 is 0.609 bits per heavy atom. The first-order valence-electron chi connectivity index (χ1n) is 3.14. The molecule has 0 saturated heterocycles. The number of amides is 1. The summed E-state index contributed by atoms with van der Waals surface area (Å²) in [5, 5.41) is 3.25. The van der Waals surface area contributed by atoms with E-state index in [0.717, 1.165) is 0 Å². The summed E-state index contributed by atoms with van der Waals surface area (Å²) in [6.07, 6.45) is 0.667. The molecule has 177 valence electrons. The van der Waals surface area contributed by atoms with E-state index in [0.29, 0.717) is 6.42 Å². The molecular formula is C7H14NO2Rh13-. The summed E-state index contributed by atoms with van der Waals surface area (Å²) in [6, 6.07) is 0. The Morgan fingerprint density at radius 3 is 0.696 bits per heavy atom. The third kappa shape index (κ3) is 172. The molecule has 0 bridgehead atoms. The SMILES string of the molecule is CCC(C)=O.C[N-]C(C)=O.[Rh].[Rh].[Rh].[Rh].[Rh].[Rh].[Rh].[Rh].[Rh].[Rh].[Rh].[Rh].[Rh]. The van der Waals surface area contributed by atoms with Gasteiger partial charge in [-0.25, -0.2) is 0 Å². The quantitative estimate of drug-likeness (QED) is 0.375. The zero-order valence-corrected chi connectivity index (χ0v) is 32.6. The largest absolute Gasteiger partial charge is 0.656 e. The number of nitrogens with zero attached hydrogens (tertiary/aromatic N) is 1. The van der Waals surface area contributed by atoms with E-state index < -0.39 is 0 Å². The summed E-state index contributed by atoms with van der Waals surface area (Å²) >= 11 is 0. The number of Topliss-reactive ketones (excluding diaryl/α,β-unsaturated/α-hetero) is 1. The Balaban J connectivity index is -0.00000000274. The maximum absolute atomic E-state index is 9.81. The van der Waals surface area contributed by atoms with Gasteiger partial charge < -0.3 is 14.9 Å². The molecule has 0 aromatic heterocycles. The maximum Gasteiger partial charge on any atom is 0.129 e. The normalized spacial score (nSPS) is 3.13. The van der Waals surface area contributed by atoms with Crippen LogP contribution in [-0.4, -0.2) is 18.7 Å². The maximum atomic E-state index is 9.81. The van der Waals surface area contributed by atoms with Crippen LogP contribution in [0.5, 0.6) is 0 Å². The van der Waals surface area contributed by atoms with E-state index in [1.54, 1.807) is 6.92 Å². The molecule has 0 spiro atoms. The van der Waals surface area contributed by atoms with E-state index in [4.69, 9.17) is 0 Å². The Kier molecular flexibility index (Phi) is 486. The van der Waals surface area contributed by atoms with Crippen molar-refractivity contribution in [1.82, 2.24) is 0 Å². The van der Waals surface area contributed by atoms with E-state index in [1.165, 1.54) is 14.0 Å². The Labute approximate surface area is 307 Å².